The predicted molar refractivity (Wildman–Crippen MR) is 91.9 cm³/mol. The summed E-state index contributed by atoms with van der Waals surface area (Å²) in [6.07, 6.45) is 0.915. The third-order valence-corrected chi connectivity index (χ3v) is 4.93. The topological polar surface area (TPSA) is 29.3 Å². The Labute approximate surface area is 135 Å². The summed E-state index contributed by atoms with van der Waals surface area (Å²) in [5, 5.41) is 0.769. The van der Waals surface area contributed by atoms with Gasteiger partial charge in [-0.15, -0.1) is 0 Å². The molecule has 0 bridgehead atoms. The molecule has 0 aliphatic carbocycles. The highest BCUT2D eigenvalue weighted by atomic mass is 35.5. The number of nitrogens with zero attached hydrogens (tertiary/aromatic N) is 1. The van der Waals surface area contributed by atoms with Gasteiger partial charge in [0, 0.05) is 26.9 Å². The summed E-state index contributed by atoms with van der Waals surface area (Å²) in [6.45, 7) is 5.02. The van der Waals surface area contributed by atoms with Crippen LogP contribution in [0.4, 0.5) is 11.4 Å². The summed E-state index contributed by atoms with van der Waals surface area (Å²) in [7, 11) is 0. The molecule has 0 spiro atoms. The lowest BCUT2D eigenvalue weighted by atomic mass is 10.0. The smallest absolute Gasteiger partial charge is 0.0567 e. The van der Waals surface area contributed by atoms with E-state index in [1.54, 1.807) is 11.8 Å². The van der Waals surface area contributed by atoms with Gasteiger partial charge in [-0.05, 0) is 50.6 Å². The number of fused-ring (bicyclic) bond motifs is 2. The average molecular weight is 319 g/mol. The van der Waals surface area contributed by atoms with E-state index in [1.807, 2.05) is 12.1 Å². The summed E-state index contributed by atoms with van der Waals surface area (Å²) in [5.41, 5.74) is 8.40. The van der Waals surface area contributed by atoms with Gasteiger partial charge in [0.1, 0.15) is 0 Å². The highest BCUT2D eigenvalue weighted by Crippen LogP contribution is 2.48. The fourth-order valence-electron chi connectivity index (χ4n) is 2.44. The van der Waals surface area contributed by atoms with Crippen molar-refractivity contribution in [2.45, 2.75) is 35.6 Å². The molecule has 0 fully saturated rings. The molecule has 4 heteroatoms. The number of anilines is 2. The third-order valence-electron chi connectivity index (χ3n) is 3.57. The van der Waals surface area contributed by atoms with Gasteiger partial charge in [0.05, 0.1) is 11.4 Å². The van der Waals surface area contributed by atoms with Crippen LogP contribution in [0.25, 0.3) is 0 Å². The van der Waals surface area contributed by atoms with Crippen LogP contribution in [0.5, 0.6) is 0 Å². The van der Waals surface area contributed by atoms with Crippen LogP contribution in [-0.2, 0) is 0 Å². The standard InChI is InChI=1S/C17H19ClN2S/c1-17(2,19)9-10-20-13-5-3-4-6-15(13)21-16-8-7-12(18)11-14(16)20/h3-8,11H,9-10,19H2,1-2H3. The van der Waals surface area contributed by atoms with Crippen molar-refractivity contribution in [3.8, 4) is 0 Å². The molecule has 0 atom stereocenters. The lowest BCUT2D eigenvalue weighted by molar-refractivity contribution is 0.481. The SMILES string of the molecule is CC(C)(N)CCN1c2ccccc2Sc2ccc(Cl)cc21. The second kappa shape index (κ2) is 5.56. The van der Waals surface area contributed by atoms with Crippen LogP contribution in [0.3, 0.4) is 0 Å². The maximum absolute atomic E-state index is 6.20. The van der Waals surface area contributed by atoms with Crippen LogP contribution < -0.4 is 10.6 Å². The molecule has 0 saturated heterocycles. The zero-order chi connectivity index (χ0) is 15.0. The number of rotatable bonds is 3. The van der Waals surface area contributed by atoms with E-state index < -0.39 is 0 Å². The summed E-state index contributed by atoms with van der Waals surface area (Å²) in [4.78, 5) is 4.86. The number of nitrogens with two attached hydrogens (primary N) is 1. The average Bonchev–Trinajstić information content (AvgIpc) is 2.43. The van der Waals surface area contributed by atoms with Gasteiger partial charge >= 0.3 is 0 Å². The highest BCUT2D eigenvalue weighted by molar-refractivity contribution is 7.99. The number of hydrogen-bond donors (Lipinski definition) is 1. The molecule has 1 aliphatic rings. The monoisotopic (exact) mass is 318 g/mol. The molecule has 0 unspecified atom stereocenters. The minimum Gasteiger partial charge on any atom is -0.340 e. The Bertz CT molecular complexity index is 664. The van der Waals surface area contributed by atoms with Crippen molar-refractivity contribution in [2.75, 3.05) is 11.4 Å². The van der Waals surface area contributed by atoms with Crippen molar-refractivity contribution in [3.05, 3.63) is 47.5 Å². The second-order valence-corrected chi connectivity index (χ2v) is 7.59. The number of halogens is 1. The maximum Gasteiger partial charge on any atom is 0.0567 e. The van der Waals surface area contributed by atoms with Crippen molar-refractivity contribution in [3.63, 3.8) is 0 Å². The highest BCUT2D eigenvalue weighted by Gasteiger charge is 2.24. The largest absolute Gasteiger partial charge is 0.340 e. The number of benzene rings is 2. The lowest BCUT2D eigenvalue weighted by Gasteiger charge is -2.34. The Morgan fingerprint density at radius 2 is 1.81 bits per heavy atom. The molecular weight excluding hydrogens is 300 g/mol. The molecule has 0 saturated carbocycles. The van der Waals surface area contributed by atoms with Gasteiger partial charge in [-0.3, -0.25) is 0 Å². The summed E-state index contributed by atoms with van der Waals surface area (Å²) >= 11 is 8.00. The van der Waals surface area contributed by atoms with Gasteiger partial charge in [0.25, 0.3) is 0 Å². The molecule has 1 aliphatic heterocycles. The summed E-state index contributed by atoms with van der Waals surface area (Å²) in [5.74, 6) is 0. The Morgan fingerprint density at radius 1 is 1.10 bits per heavy atom. The van der Waals surface area contributed by atoms with Gasteiger partial charge in [-0.25, -0.2) is 0 Å². The van der Waals surface area contributed by atoms with Crippen LogP contribution in [0.15, 0.2) is 52.3 Å². The van der Waals surface area contributed by atoms with Crippen molar-refractivity contribution >= 4 is 34.7 Å². The Hall–Kier alpha value is -1.16. The normalized spacial score (nSPS) is 13.8. The predicted octanol–water partition coefficient (Wildman–Crippen LogP) is 5.07. The Morgan fingerprint density at radius 3 is 2.57 bits per heavy atom. The van der Waals surface area contributed by atoms with Gasteiger partial charge in [-0.1, -0.05) is 35.5 Å². The van der Waals surface area contributed by atoms with Gasteiger partial charge in [0.15, 0.2) is 0 Å². The summed E-state index contributed by atoms with van der Waals surface area (Å²) in [6, 6.07) is 14.6. The molecule has 1 heterocycles. The van der Waals surface area contributed by atoms with E-state index in [2.05, 4.69) is 49.1 Å². The third kappa shape index (κ3) is 3.20. The molecule has 0 aromatic heterocycles. The molecule has 2 aromatic rings. The fraction of sp³-hybridized carbons (Fsp3) is 0.294. The lowest BCUT2D eigenvalue weighted by Crippen LogP contribution is -2.36. The van der Waals surface area contributed by atoms with E-state index in [4.69, 9.17) is 17.3 Å². The van der Waals surface area contributed by atoms with Gasteiger partial charge < -0.3 is 10.6 Å². The molecule has 0 amide bonds. The van der Waals surface area contributed by atoms with E-state index in [1.165, 1.54) is 21.2 Å². The van der Waals surface area contributed by atoms with E-state index >= 15 is 0 Å². The molecule has 3 rings (SSSR count). The number of para-hydroxylation sites is 1. The first kappa shape index (κ1) is 14.8. The van der Waals surface area contributed by atoms with E-state index in [0.717, 1.165) is 18.0 Å². The van der Waals surface area contributed by atoms with Gasteiger partial charge in [-0.2, -0.15) is 0 Å². The van der Waals surface area contributed by atoms with Crippen LogP contribution in [0.1, 0.15) is 20.3 Å². The Kier molecular flexibility index (Phi) is 3.91. The molecule has 2 nitrogen and oxygen atoms in total. The fourth-order valence-corrected chi connectivity index (χ4v) is 3.69. The first-order chi connectivity index (χ1) is 9.94. The van der Waals surface area contributed by atoms with Crippen LogP contribution >= 0.6 is 23.4 Å². The molecular formula is C17H19ClN2S. The first-order valence-electron chi connectivity index (χ1n) is 7.07. The molecule has 2 N–H and O–H groups in total. The van der Waals surface area contributed by atoms with E-state index in [0.29, 0.717) is 0 Å². The van der Waals surface area contributed by atoms with Crippen LogP contribution in [-0.4, -0.2) is 12.1 Å². The zero-order valence-electron chi connectivity index (χ0n) is 12.3. The zero-order valence-corrected chi connectivity index (χ0v) is 13.8. The van der Waals surface area contributed by atoms with E-state index in [9.17, 15) is 0 Å². The molecule has 21 heavy (non-hydrogen) atoms. The van der Waals surface area contributed by atoms with Crippen LogP contribution in [0.2, 0.25) is 5.02 Å². The maximum atomic E-state index is 6.20. The molecule has 0 radical (unpaired) electrons. The minimum atomic E-state index is -0.182. The molecule has 110 valence electrons. The van der Waals surface area contributed by atoms with Crippen molar-refractivity contribution < 1.29 is 0 Å². The van der Waals surface area contributed by atoms with Crippen molar-refractivity contribution in [1.29, 1.82) is 0 Å². The second-order valence-electron chi connectivity index (χ2n) is 6.07. The summed E-state index contributed by atoms with van der Waals surface area (Å²) < 4.78 is 0. The first-order valence-corrected chi connectivity index (χ1v) is 8.26. The van der Waals surface area contributed by atoms with Crippen molar-refractivity contribution in [1.82, 2.24) is 0 Å². The quantitative estimate of drug-likeness (QED) is 0.856. The number of hydrogen-bond acceptors (Lipinski definition) is 3. The molecule has 2 aromatic carbocycles. The van der Waals surface area contributed by atoms with Gasteiger partial charge in [0.2, 0.25) is 0 Å². The van der Waals surface area contributed by atoms with E-state index in [-0.39, 0.29) is 5.54 Å². The Balaban J connectivity index is 2.02. The van der Waals surface area contributed by atoms with Crippen LogP contribution in [0, 0.1) is 0 Å². The van der Waals surface area contributed by atoms with Crippen molar-refractivity contribution in [2.24, 2.45) is 5.73 Å². The minimum absolute atomic E-state index is 0.182.